The Labute approximate surface area is 104 Å². The normalized spacial score (nSPS) is 17.8. The van der Waals surface area contributed by atoms with Crippen molar-refractivity contribution in [3.63, 3.8) is 0 Å². The summed E-state index contributed by atoms with van der Waals surface area (Å²) in [5, 5.41) is 3.38. The van der Waals surface area contributed by atoms with Crippen LogP contribution in [0.5, 0.6) is 0 Å². The maximum atomic E-state index is 5.46. The first-order valence-corrected chi connectivity index (χ1v) is 6.40. The lowest BCUT2D eigenvalue weighted by Gasteiger charge is -2.28. The monoisotopic (exact) mass is 237 g/mol. The van der Waals surface area contributed by atoms with E-state index in [-0.39, 0.29) is 0 Å². The first kappa shape index (κ1) is 12.6. The third-order valence-electron chi connectivity index (χ3n) is 3.39. The molecule has 2 heterocycles. The predicted octanol–water partition coefficient (Wildman–Crippen LogP) is 0.925. The maximum Gasteiger partial charge on any atom is 0.120 e. The molecule has 0 aliphatic carbocycles. The van der Waals surface area contributed by atoms with Gasteiger partial charge in [0.05, 0.1) is 12.8 Å². The summed E-state index contributed by atoms with van der Waals surface area (Å²) < 4.78 is 5.46. The SMILES string of the molecule is Cc1ccoc1CN(C)CCN1CCNCC1. The van der Waals surface area contributed by atoms with Gasteiger partial charge in [-0.05, 0) is 25.6 Å². The van der Waals surface area contributed by atoms with E-state index in [1.165, 1.54) is 18.7 Å². The van der Waals surface area contributed by atoms with Gasteiger partial charge < -0.3 is 9.73 Å². The second kappa shape index (κ2) is 6.19. The molecule has 96 valence electrons. The zero-order valence-corrected chi connectivity index (χ0v) is 10.9. The molecule has 0 atom stereocenters. The average molecular weight is 237 g/mol. The highest BCUT2D eigenvalue weighted by atomic mass is 16.3. The average Bonchev–Trinajstić information content (AvgIpc) is 2.74. The van der Waals surface area contributed by atoms with Gasteiger partial charge >= 0.3 is 0 Å². The van der Waals surface area contributed by atoms with Gasteiger partial charge in [-0.15, -0.1) is 0 Å². The maximum absolute atomic E-state index is 5.46. The molecule has 4 heteroatoms. The van der Waals surface area contributed by atoms with Crippen LogP contribution < -0.4 is 5.32 Å². The zero-order chi connectivity index (χ0) is 12.1. The fourth-order valence-electron chi connectivity index (χ4n) is 2.14. The van der Waals surface area contributed by atoms with Crippen LogP contribution in [-0.4, -0.2) is 56.1 Å². The minimum absolute atomic E-state index is 0.908. The van der Waals surface area contributed by atoms with E-state index in [1.807, 2.05) is 6.07 Å². The molecular formula is C13H23N3O. The second-order valence-electron chi connectivity index (χ2n) is 4.86. The number of nitrogens with zero attached hydrogens (tertiary/aromatic N) is 2. The van der Waals surface area contributed by atoms with Crippen molar-refractivity contribution in [1.29, 1.82) is 0 Å². The molecule has 1 fully saturated rings. The number of aryl methyl sites for hydroxylation is 1. The van der Waals surface area contributed by atoms with Crippen LogP contribution in [0.1, 0.15) is 11.3 Å². The molecule has 1 saturated heterocycles. The molecule has 1 aliphatic rings. The van der Waals surface area contributed by atoms with Crippen LogP contribution in [0, 0.1) is 6.92 Å². The molecule has 1 aromatic heterocycles. The Morgan fingerprint density at radius 2 is 2.18 bits per heavy atom. The Bertz CT molecular complexity index is 331. The molecule has 17 heavy (non-hydrogen) atoms. The van der Waals surface area contributed by atoms with Crippen molar-refractivity contribution in [3.8, 4) is 0 Å². The fraction of sp³-hybridized carbons (Fsp3) is 0.692. The highest BCUT2D eigenvalue weighted by Crippen LogP contribution is 2.10. The number of likely N-dealkylation sites (N-methyl/N-ethyl adjacent to an activating group) is 1. The lowest BCUT2D eigenvalue weighted by molar-refractivity contribution is 0.196. The minimum atomic E-state index is 0.908. The van der Waals surface area contributed by atoms with E-state index in [0.29, 0.717) is 0 Å². The van der Waals surface area contributed by atoms with Crippen molar-refractivity contribution in [1.82, 2.24) is 15.1 Å². The number of piperazine rings is 1. The topological polar surface area (TPSA) is 31.7 Å². The Morgan fingerprint density at radius 3 is 2.82 bits per heavy atom. The number of hydrogen-bond acceptors (Lipinski definition) is 4. The van der Waals surface area contributed by atoms with Crippen LogP contribution >= 0.6 is 0 Å². The fourth-order valence-corrected chi connectivity index (χ4v) is 2.14. The van der Waals surface area contributed by atoms with Gasteiger partial charge in [-0.25, -0.2) is 0 Å². The van der Waals surface area contributed by atoms with E-state index >= 15 is 0 Å². The van der Waals surface area contributed by atoms with Crippen LogP contribution in [0.25, 0.3) is 0 Å². The Kier molecular flexibility index (Phi) is 4.59. The molecule has 0 radical (unpaired) electrons. The van der Waals surface area contributed by atoms with Gasteiger partial charge in [0, 0.05) is 39.3 Å². The first-order chi connectivity index (χ1) is 8.25. The molecule has 0 saturated carbocycles. The van der Waals surface area contributed by atoms with Crippen molar-refractivity contribution < 1.29 is 4.42 Å². The van der Waals surface area contributed by atoms with Crippen molar-refractivity contribution in [2.45, 2.75) is 13.5 Å². The van der Waals surface area contributed by atoms with Crippen molar-refractivity contribution in [2.75, 3.05) is 46.3 Å². The quantitative estimate of drug-likeness (QED) is 0.825. The number of furan rings is 1. The van der Waals surface area contributed by atoms with Gasteiger partial charge in [0.15, 0.2) is 0 Å². The summed E-state index contributed by atoms with van der Waals surface area (Å²) in [4.78, 5) is 4.84. The lowest BCUT2D eigenvalue weighted by atomic mass is 10.2. The molecule has 4 nitrogen and oxygen atoms in total. The van der Waals surface area contributed by atoms with E-state index < -0.39 is 0 Å². The van der Waals surface area contributed by atoms with E-state index in [4.69, 9.17) is 4.42 Å². The van der Waals surface area contributed by atoms with Crippen molar-refractivity contribution >= 4 is 0 Å². The summed E-state index contributed by atoms with van der Waals surface area (Å²) >= 11 is 0. The van der Waals surface area contributed by atoms with Crippen LogP contribution in [-0.2, 0) is 6.54 Å². The van der Waals surface area contributed by atoms with Crippen LogP contribution in [0.3, 0.4) is 0 Å². The highest BCUT2D eigenvalue weighted by molar-refractivity contribution is 5.14. The molecule has 2 rings (SSSR count). The van der Waals surface area contributed by atoms with E-state index in [9.17, 15) is 0 Å². The lowest BCUT2D eigenvalue weighted by Crippen LogP contribution is -2.45. The van der Waals surface area contributed by atoms with E-state index in [2.05, 4.69) is 29.1 Å². The van der Waals surface area contributed by atoms with Crippen molar-refractivity contribution in [2.24, 2.45) is 0 Å². The summed E-state index contributed by atoms with van der Waals surface area (Å²) in [6.07, 6.45) is 1.77. The van der Waals surface area contributed by atoms with Crippen LogP contribution in [0.2, 0.25) is 0 Å². The molecule has 1 aromatic rings. The van der Waals surface area contributed by atoms with Gasteiger partial charge in [0.1, 0.15) is 5.76 Å². The summed E-state index contributed by atoms with van der Waals surface area (Å²) in [6.45, 7) is 9.86. The summed E-state index contributed by atoms with van der Waals surface area (Å²) in [5.74, 6) is 1.09. The van der Waals surface area contributed by atoms with Gasteiger partial charge in [0.2, 0.25) is 0 Å². The molecule has 0 aromatic carbocycles. The second-order valence-corrected chi connectivity index (χ2v) is 4.86. The Balaban J connectivity index is 1.70. The third-order valence-corrected chi connectivity index (χ3v) is 3.39. The number of rotatable bonds is 5. The predicted molar refractivity (Wildman–Crippen MR) is 69.1 cm³/mol. The van der Waals surface area contributed by atoms with Crippen molar-refractivity contribution in [3.05, 3.63) is 23.7 Å². The first-order valence-electron chi connectivity index (χ1n) is 6.40. The van der Waals surface area contributed by atoms with Gasteiger partial charge in [-0.1, -0.05) is 0 Å². The molecule has 0 spiro atoms. The molecule has 1 N–H and O–H groups in total. The van der Waals surface area contributed by atoms with Gasteiger partial charge in [-0.3, -0.25) is 9.80 Å². The summed E-state index contributed by atoms with van der Waals surface area (Å²) in [5.41, 5.74) is 1.25. The number of nitrogens with one attached hydrogen (secondary N) is 1. The van der Waals surface area contributed by atoms with Crippen LogP contribution in [0.15, 0.2) is 16.7 Å². The smallest absolute Gasteiger partial charge is 0.120 e. The Morgan fingerprint density at radius 1 is 1.41 bits per heavy atom. The molecule has 0 amide bonds. The molecule has 1 aliphatic heterocycles. The molecule has 0 bridgehead atoms. The minimum Gasteiger partial charge on any atom is -0.468 e. The number of hydrogen-bond donors (Lipinski definition) is 1. The molecular weight excluding hydrogens is 214 g/mol. The largest absolute Gasteiger partial charge is 0.468 e. The van der Waals surface area contributed by atoms with E-state index in [1.54, 1.807) is 6.26 Å². The van der Waals surface area contributed by atoms with E-state index in [0.717, 1.165) is 38.5 Å². The van der Waals surface area contributed by atoms with Gasteiger partial charge in [-0.2, -0.15) is 0 Å². The summed E-state index contributed by atoms with van der Waals surface area (Å²) in [7, 11) is 2.16. The Hall–Kier alpha value is -0.840. The third kappa shape index (κ3) is 3.84. The van der Waals surface area contributed by atoms with Gasteiger partial charge in [0.25, 0.3) is 0 Å². The summed E-state index contributed by atoms with van der Waals surface area (Å²) in [6, 6.07) is 2.03. The highest BCUT2D eigenvalue weighted by Gasteiger charge is 2.11. The van der Waals surface area contributed by atoms with Crippen LogP contribution in [0.4, 0.5) is 0 Å². The standard InChI is InChI=1S/C13H23N3O/c1-12-3-10-17-13(12)11-15(2)8-9-16-6-4-14-5-7-16/h3,10,14H,4-9,11H2,1-2H3. The molecule has 0 unspecified atom stereocenters. The zero-order valence-electron chi connectivity index (χ0n) is 10.9.